The maximum absolute atomic E-state index is 10.6. The summed E-state index contributed by atoms with van der Waals surface area (Å²) in [6.45, 7) is 4.03. The van der Waals surface area contributed by atoms with Crippen molar-refractivity contribution in [1.82, 2.24) is 0 Å². The van der Waals surface area contributed by atoms with Crippen LogP contribution in [0.15, 0.2) is 33.7 Å². The number of rotatable bonds is 4. The Hall–Kier alpha value is -0.610. The van der Waals surface area contributed by atoms with Gasteiger partial charge >= 0.3 is 0 Å². The molecular weight excluding hydrogens is 312 g/mol. The van der Waals surface area contributed by atoms with Gasteiger partial charge in [0.1, 0.15) is 12.4 Å². The van der Waals surface area contributed by atoms with Crippen molar-refractivity contribution in [3.63, 3.8) is 0 Å². The monoisotopic (exact) mass is 318 g/mol. The van der Waals surface area contributed by atoms with E-state index in [4.69, 9.17) is 4.74 Å². The van der Waals surface area contributed by atoms with Crippen molar-refractivity contribution in [1.29, 1.82) is 0 Å². The minimum absolute atomic E-state index is 0.389. The molecule has 4 heteroatoms. The number of carbonyl (C=O) groups excluding carboxylic acids is 1. The predicted molar refractivity (Wildman–Crippen MR) is 63.1 cm³/mol. The molecule has 14 heavy (non-hydrogen) atoms. The molecule has 0 spiro atoms. The normalized spacial score (nSPS) is 9.57. The molecular formula is C10H8Br2O2. The van der Waals surface area contributed by atoms with Gasteiger partial charge in [0.2, 0.25) is 0 Å². The number of hydrogen-bond donors (Lipinski definition) is 0. The molecule has 0 aliphatic carbocycles. The maximum atomic E-state index is 10.6. The van der Waals surface area contributed by atoms with E-state index >= 15 is 0 Å². The van der Waals surface area contributed by atoms with Crippen LogP contribution in [0.5, 0.6) is 5.75 Å². The van der Waals surface area contributed by atoms with Gasteiger partial charge in [0.15, 0.2) is 6.29 Å². The van der Waals surface area contributed by atoms with Crippen molar-refractivity contribution in [3.05, 3.63) is 39.3 Å². The lowest BCUT2D eigenvalue weighted by atomic mass is 10.2. The zero-order chi connectivity index (χ0) is 10.6. The highest BCUT2D eigenvalue weighted by Crippen LogP contribution is 2.21. The van der Waals surface area contributed by atoms with Gasteiger partial charge in [-0.25, -0.2) is 0 Å². The van der Waals surface area contributed by atoms with Crippen LogP contribution in [0.3, 0.4) is 0 Å². The Kier molecular flexibility index (Phi) is 4.35. The summed E-state index contributed by atoms with van der Waals surface area (Å²) in [4.78, 5) is 10.6. The molecule has 0 bridgehead atoms. The molecule has 0 N–H and O–H groups in total. The summed E-state index contributed by atoms with van der Waals surface area (Å²) in [6, 6.07) is 5.23. The van der Waals surface area contributed by atoms with E-state index in [0.29, 0.717) is 17.9 Å². The van der Waals surface area contributed by atoms with Crippen LogP contribution >= 0.6 is 31.9 Å². The summed E-state index contributed by atoms with van der Waals surface area (Å²) < 4.78 is 6.86. The second-order valence-electron chi connectivity index (χ2n) is 2.61. The number of hydrogen-bond acceptors (Lipinski definition) is 2. The van der Waals surface area contributed by atoms with Gasteiger partial charge in [0.05, 0.1) is 0 Å². The van der Waals surface area contributed by atoms with Crippen molar-refractivity contribution in [2.75, 3.05) is 6.61 Å². The molecule has 0 aliphatic heterocycles. The first kappa shape index (κ1) is 11.5. The maximum Gasteiger partial charge on any atom is 0.151 e. The zero-order valence-corrected chi connectivity index (χ0v) is 10.5. The standard InChI is InChI=1S/C10H8Br2O2/c1-7(11)6-14-9-2-3-10(12)8(4-9)5-13/h2-5H,1,6H2. The largest absolute Gasteiger partial charge is 0.488 e. The van der Waals surface area contributed by atoms with Gasteiger partial charge in [0.25, 0.3) is 0 Å². The topological polar surface area (TPSA) is 26.3 Å². The SMILES string of the molecule is C=C(Br)COc1ccc(Br)c(C=O)c1. The van der Waals surface area contributed by atoms with Gasteiger partial charge < -0.3 is 4.74 Å². The third kappa shape index (κ3) is 3.27. The van der Waals surface area contributed by atoms with Crippen molar-refractivity contribution >= 4 is 38.1 Å². The smallest absolute Gasteiger partial charge is 0.151 e. The lowest BCUT2D eigenvalue weighted by Gasteiger charge is -2.05. The van der Waals surface area contributed by atoms with Crippen LogP contribution in [-0.4, -0.2) is 12.9 Å². The molecule has 0 amide bonds. The van der Waals surface area contributed by atoms with Crippen LogP contribution in [0, 0.1) is 0 Å². The van der Waals surface area contributed by atoms with E-state index in [1.54, 1.807) is 18.2 Å². The van der Waals surface area contributed by atoms with E-state index in [2.05, 4.69) is 38.4 Å². The fraction of sp³-hybridized carbons (Fsp3) is 0.100. The average Bonchev–Trinajstić information content (AvgIpc) is 2.16. The van der Waals surface area contributed by atoms with Crippen LogP contribution < -0.4 is 4.74 Å². The van der Waals surface area contributed by atoms with E-state index in [9.17, 15) is 4.79 Å². The number of carbonyl (C=O) groups is 1. The molecule has 0 atom stereocenters. The van der Waals surface area contributed by atoms with Crippen LogP contribution in [0.1, 0.15) is 10.4 Å². The molecule has 0 radical (unpaired) electrons. The molecule has 1 rings (SSSR count). The average molecular weight is 320 g/mol. The summed E-state index contributed by atoms with van der Waals surface area (Å²) in [7, 11) is 0. The van der Waals surface area contributed by atoms with Crippen LogP contribution in [-0.2, 0) is 0 Å². The minimum atomic E-state index is 0.389. The van der Waals surface area contributed by atoms with Crippen LogP contribution in [0.25, 0.3) is 0 Å². The van der Waals surface area contributed by atoms with Crippen molar-refractivity contribution in [3.8, 4) is 5.75 Å². The lowest BCUT2D eigenvalue weighted by molar-refractivity contribution is 0.112. The van der Waals surface area contributed by atoms with Gasteiger partial charge in [-0.15, -0.1) is 0 Å². The highest BCUT2D eigenvalue weighted by molar-refractivity contribution is 9.11. The molecule has 1 aromatic carbocycles. The fourth-order valence-corrected chi connectivity index (χ4v) is 1.32. The van der Waals surface area contributed by atoms with Gasteiger partial charge in [-0.05, 0) is 18.2 Å². The Morgan fingerprint density at radius 2 is 2.29 bits per heavy atom. The second-order valence-corrected chi connectivity index (χ2v) is 4.58. The van der Waals surface area contributed by atoms with E-state index < -0.39 is 0 Å². The first-order valence-electron chi connectivity index (χ1n) is 3.84. The first-order valence-corrected chi connectivity index (χ1v) is 5.43. The van der Waals surface area contributed by atoms with Crippen molar-refractivity contribution in [2.45, 2.75) is 0 Å². The summed E-state index contributed by atoms with van der Waals surface area (Å²) in [6.07, 6.45) is 0.778. The molecule has 2 nitrogen and oxygen atoms in total. The molecule has 0 heterocycles. The zero-order valence-electron chi connectivity index (χ0n) is 7.30. The first-order chi connectivity index (χ1) is 6.63. The molecule has 1 aromatic rings. The van der Waals surface area contributed by atoms with Crippen LogP contribution in [0.2, 0.25) is 0 Å². The Bertz CT molecular complexity index is 361. The third-order valence-corrected chi connectivity index (χ3v) is 2.44. The van der Waals surface area contributed by atoms with Gasteiger partial charge in [0, 0.05) is 14.5 Å². The van der Waals surface area contributed by atoms with E-state index in [1.165, 1.54) is 0 Å². The Morgan fingerprint density at radius 1 is 1.57 bits per heavy atom. The van der Waals surface area contributed by atoms with Gasteiger partial charge in [-0.2, -0.15) is 0 Å². The number of ether oxygens (including phenoxy) is 1. The summed E-state index contributed by atoms with van der Waals surface area (Å²) in [5.74, 6) is 0.649. The minimum Gasteiger partial charge on any atom is -0.488 e. The highest BCUT2D eigenvalue weighted by Gasteiger charge is 2.01. The van der Waals surface area contributed by atoms with E-state index in [1.807, 2.05) is 0 Å². The van der Waals surface area contributed by atoms with Gasteiger partial charge in [-0.3, -0.25) is 4.79 Å². The third-order valence-electron chi connectivity index (χ3n) is 1.49. The number of benzene rings is 1. The molecule has 0 saturated heterocycles. The molecule has 0 aromatic heterocycles. The van der Waals surface area contributed by atoms with E-state index in [0.717, 1.165) is 15.2 Å². The Labute approximate surface area is 99.2 Å². The lowest BCUT2D eigenvalue weighted by Crippen LogP contribution is -1.96. The van der Waals surface area contributed by atoms with E-state index in [-0.39, 0.29) is 0 Å². The molecule has 0 unspecified atom stereocenters. The number of halogens is 2. The molecule has 74 valence electrons. The summed E-state index contributed by atoms with van der Waals surface area (Å²) in [5, 5.41) is 0. The summed E-state index contributed by atoms with van der Waals surface area (Å²) in [5.41, 5.74) is 0.572. The predicted octanol–water partition coefficient (Wildman–Crippen LogP) is 3.55. The highest BCUT2D eigenvalue weighted by atomic mass is 79.9. The summed E-state index contributed by atoms with van der Waals surface area (Å²) >= 11 is 6.44. The van der Waals surface area contributed by atoms with Gasteiger partial charge in [-0.1, -0.05) is 38.4 Å². The Morgan fingerprint density at radius 3 is 2.86 bits per heavy atom. The molecule has 0 fully saturated rings. The van der Waals surface area contributed by atoms with Crippen LogP contribution in [0.4, 0.5) is 0 Å². The van der Waals surface area contributed by atoms with Crippen molar-refractivity contribution in [2.24, 2.45) is 0 Å². The quantitative estimate of drug-likeness (QED) is 0.793. The molecule has 0 aliphatic rings. The fourth-order valence-electron chi connectivity index (χ4n) is 0.864. The number of aldehydes is 1. The molecule has 0 saturated carbocycles. The second kappa shape index (κ2) is 5.32. The van der Waals surface area contributed by atoms with Crippen molar-refractivity contribution < 1.29 is 9.53 Å². The Balaban J connectivity index is 2.79.